The second kappa shape index (κ2) is 6.91. The molecule has 1 aromatic heterocycles. The van der Waals surface area contributed by atoms with Gasteiger partial charge in [0, 0.05) is 25.0 Å². The molecular weight excluding hydrogens is 196 g/mol. The van der Waals surface area contributed by atoms with E-state index in [4.69, 9.17) is 5.73 Å². The molecule has 0 radical (unpaired) electrons. The smallest absolute Gasteiger partial charge is 0.0449 e. The van der Waals surface area contributed by atoms with Crippen molar-refractivity contribution in [2.75, 3.05) is 0 Å². The lowest BCUT2D eigenvalue weighted by Gasteiger charge is -2.12. The van der Waals surface area contributed by atoms with Gasteiger partial charge in [-0.2, -0.15) is 0 Å². The SMILES string of the molecule is CCCCC[C@@H](N)c1cccn1C.Cl. The van der Waals surface area contributed by atoms with Crippen LogP contribution in [-0.4, -0.2) is 4.57 Å². The molecule has 2 nitrogen and oxygen atoms in total. The maximum Gasteiger partial charge on any atom is 0.0449 e. The molecule has 0 aliphatic rings. The van der Waals surface area contributed by atoms with E-state index < -0.39 is 0 Å². The molecule has 0 saturated heterocycles. The van der Waals surface area contributed by atoms with Crippen LogP contribution in [0, 0.1) is 0 Å². The van der Waals surface area contributed by atoms with Gasteiger partial charge in [-0.3, -0.25) is 0 Å². The van der Waals surface area contributed by atoms with Crippen molar-refractivity contribution in [3.8, 4) is 0 Å². The lowest BCUT2D eigenvalue weighted by Crippen LogP contribution is -2.13. The molecule has 1 heterocycles. The first-order valence-electron chi connectivity index (χ1n) is 5.12. The molecule has 14 heavy (non-hydrogen) atoms. The van der Waals surface area contributed by atoms with E-state index in [9.17, 15) is 0 Å². The van der Waals surface area contributed by atoms with Crippen molar-refractivity contribution >= 4 is 12.4 Å². The lowest BCUT2D eigenvalue weighted by molar-refractivity contribution is 0.556. The highest BCUT2D eigenvalue weighted by Gasteiger charge is 2.07. The standard InChI is InChI=1S/C11H20N2.ClH/c1-3-4-5-7-10(12)11-8-6-9-13(11)2;/h6,8-10H,3-5,7,12H2,1-2H3;1H/t10-;/m1./s1. The van der Waals surface area contributed by atoms with Gasteiger partial charge in [0.25, 0.3) is 0 Å². The number of unbranched alkanes of at least 4 members (excludes halogenated alkanes) is 2. The third kappa shape index (κ3) is 3.72. The van der Waals surface area contributed by atoms with Crippen LogP contribution in [0.2, 0.25) is 0 Å². The normalized spacial score (nSPS) is 12.2. The van der Waals surface area contributed by atoms with Crippen molar-refractivity contribution in [2.24, 2.45) is 12.8 Å². The Morgan fingerprint density at radius 1 is 1.43 bits per heavy atom. The second-order valence-electron chi connectivity index (χ2n) is 3.65. The first-order chi connectivity index (χ1) is 6.25. The van der Waals surface area contributed by atoms with Crippen LogP contribution in [0.15, 0.2) is 18.3 Å². The van der Waals surface area contributed by atoms with Gasteiger partial charge in [-0.05, 0) is 18.6 Å². The molecule has 0 spiro atoms. The molecule has 0 unspecified atom stereocenters. The minimum atomic E-state index is 0. The Bertz CT molecular complexity index is 245. The van der Waals surface area contributed by atoms with E-state index in [2.05, 4.69) is 36.9 Å². The average Bonchev–Trinajstić information content (AvgIpc) is 2.52. The van der Waals surface area contributed by atoms with Crippen molar-refractivity contribution in [3.05, 3.63) is 24.0 Å². The van der Waals surface area contributed by atoms with Crippen LogP contribution in [0.3, 0.4) is 0 Å². The van der Waals surface area contributed by atoms with E-state index in [1.54, 1.807) is 0 Å². The molecule has 3 heteroatoms. The third-order valence-corrected chi connectivity index (χ3v) is 2.48. The number of aryl methyl sites for hydroxylation is 1. The molecule has 1 aromatic rings. The zero-order valence-electron chi connectivity index (χ0n) is 9.07. The van der Waals surface area contributed by atoms with Crippen LogP contribution in [0.25, 0.3) is 0 Å². The van der Waals surface area contributed by atoms with Crippen molar-refractivity contribution in [1.82, 2.24) is 4.57 Å². The van der Waals surface area contributed by atoms with Gasteiger partial charge >= 0.3 is 0 Å². The van der Waals surface area contributed by atoms with Crippen molar-refractivity contribution in [3.63, 3.8) is 0 Å². The molecule has 1 rings (SSSR count). The third-order valence-electron chi connectivity index (χ3n) is 2.48. The maximum atomic E-state index is 6.06. The van der Waals surface area contributed by atoms with E-state index in [1.807, 2.05) is 0 Å². The van der Waals surface area contributed by atoms with Crippen molar-refractivity contribution in [2.45, 2.75) is 38.6 Å². The van der Waals surface area contributed by atoms with E-state index in [0.29, 0.717) is 0 Å². The molecule has 0 aliphatic carbocycles. The topological polar surface area (TPSA) is 30.9 Å². The Hall–Kier alpha value is -0.470. The summed E-state index contributed by atoms with van der Waals surface area (Å²) < 4.78 is 2.11. The Morgan fingerprint density at radius 2 is 2.14 bits per heavy atom. The van der Waals surface area contributed by atoms with Crippen molar-refractivity contribution in [1.29, 1.82) is 0 Å². The summed E-state index contributed by atoms with van der Waals surface area (Å²) in [6, 6.07) is 4.37. The van der Waals surface area contributed by atoms with Crippen LogP contribution < -0.4 is 5.73 Å². The number of hydrogen-bond donors (Lipinski definition) is 1. The number of aromatic nitrogens is 1. The molecule has 0 aromatic carbocycles. The molecule has 0 aliphatic heterocycles. The predicted octanol–water partition coefficient (Wildman–Crippen LogP) is 3.03. The highest BCUT2D eigenvalue weighted by Crippen LogP contribution is 2.16. The van der Waals surface area contributed by atoms with E-state index in [-0.39, 0.29) is 18.4 Å². The summed E-state index contributed by atoms with van der Waals surface area (Å²) >= 11 is 0. The summed E-state index contributed by atoms with van der Waals surface area (Å²) in [6.45, 7) is 2.22. The van der Waals surface area contributed by atoms with Gasteiger partial charge < -0.3 is 10.3 Å². The highest BCUT2D eigenvalue weighted by molar-refractivity contribution is 5.85. The fourth-order valence-electron chi connectivity index (χ4n) is 1.62. The summed E-state index contributed by atoms with van der Waals surface area (Å²) in [6.07, 6.45) is 6.95. The fraction of sp³-hybridized carbons (Fsp3) is 0.636. The van der Waals surface area contributed by atoms with Gasteiger partial charge in [-0.25, -0.2) is 0 Å². The van der Waals surface area contributed by atoms with Crippen LogP contribution in [-0.2, 0) is 7.05 Å². The first kappa shape index (κ1) is 13.5. The van der Waals surface area contributed by atoms with E-state index in [1.165, 1.54) is 25.0 Å². The molecular formula is C11H21ClN2. The largest absolute Gasteiger partial charge is 0.353 e. The summed E-state index contributed by atoms with van der Waals surface area (Å²) in [4.78, 5) is 0. The summed E-state index contributed by atoms with van der Waals surface area (Å²) in [5, 5.41) is 0. The van der Waals surface area contributed by atoms with Crippen LogP contribution in [0.5, 0.6) is 0 Å². The molecule has 82 valence electrons. The first-order valence-corrected chi connectivity index (χ1v) is 5.12. The van der Waals surface area contributed by atoms with Gasteiger partial charge in [-0.15, -0.1) is 12.4 Å². The maximum absolute atomic E-state index is 6.06. The Labute approximate surface area is 92.9 Å². The Balaban J connectivity index is 0.00000169. The zero-order chi connectivity index (χ0) is 9.68. The fourth-order valence-corrected chi connectivity index (χ4v) is 1.62. The lowest BCUT2D eigenvalue weighted by atomic mass is 10.1. The minimum Gasteiger partial charge on any atom is -0.353 e. The molecule has 2 N–H and O–H groups in total. The zero-order valence-corrected chi connectivity index (χ0v) is 9.89. The van der Waals surface area contributed by atoms with Gasteiger partial charge in [0.2, 0.25) is 0 Å². The number of nitrogens with two attached hydrogens (primary N) is 1. The summed E-state index contributed by atoms with van der Waals surface area (Å²) in [5.74, 6) is 0. The number of nitrogens with zero attached hydrogens (tertiary/aromatic N) is 1. The highest BCUT2D eigenvalue weighted by atomic mass is 35.5. The summed E-state index contributed by atoms with van der Waals surface area (Å²) in [7, 11) is 2.05. The summed E-state index contributed by atoms with van der Waals surface area (Å²) in [5.41, 5.74) is 7.31. The van der Waals surface area contributed by atoms with Gasteiger partial charge in [0.15, 0.2) is 0 Å². The van der Waals surface area contributed by atoms with Gasteiger partial charge in [0.1, 0.15) is 0 Å². The van der Waals surface area contributed by atoms with Crippen molar-refractivity contribution < 1.29 is 0 Å². The number of rotatable bonds is 5. The van der Waals surface area contributed by atoms with Crippen LogP contribution >= 0.6 is 12.4 Å². The van der Waals surface area contributed by atoms with E-state index in [0.717, 1.165) is 6.42 Å². The molecule has 0 saturated carbocycles. The number of halogens is 1. The average molecular weight is 217 g/mol. The van der Waals surface area contributed by atoms with Gasteiger partial charge in [-0.1, -0.05) is 26.2 Å². The molecule has 0 amide bonds. The Morgan fingerprint density at radius 3 is 2.64 bits per heavy atom. The Kier molecular flexibility index (Phi) is 6.67. The molecule has 1 atom stereocenters. The molecule has 0 bridgehead atoms. The predicted molar refractivity (Wildman–Crippen MR) is 63.7 cm³/mol. The van der Waals surface area contributed by atoms with E-state index >= 15 is 0 Å². The quantitative estimate of drug-likeness (QED) is 0.754. The van der Waals surface area contributed by atoms with Crippen LogP contribution in [0.4, 0.5) is 0 Å². The minimum absolute atomic E-state index is 0. The number of hydrogen-bond acceptors (Lipinski definition) is 1. The second-order valence-corrected chi connectivity index (χ2v) is 3.65. The van der Waals surface area contributed by atoms with Gasteiger partial charge in [0.05, 0.1) is 0 Å². The van der Waals surface area contributed by atoms with Crippen LogP contribution in [0.1, 0.15) is 44.3 Å². The molecule has 0 fully saturated rings. The monoisotopic (exact) mass is 216 g/mol.